The molecule has 3 aliphatic rings. The molecular formula is C22H25N5O4. The predicted octanol–water partition coefficient (Wildman–Crippen LogP) is 1.38. The molecule has 4 atom stereocenters. The van der Waals surface area contributed by atoms with E-state index in [1.807, 2.05) is 0 Å². The molecule has 0 spiro atoms. The standard InChI is InChI=1S/C22H25N5O4/c28-10-16-18(29)19(30)22(31-16)27-12-26-17-20(24-11-25-21(17)27)23-9-14-7-4-6-13-5-2-1-3-8-15(13)14/h1-3,7-8,11-12,16,18-19,22,28-30H,4-6,9-10H2,(H,23,24,25)/t16-,18-,19-,22-/m1/s1. The number of allylic oxidation sites excluding steroid dienone is 6. The van der Waals surface area contributed by atoms with Gasteiger partial charge < -0.3 is 25.4 Å². The number of aliphatic hydroxyl groups is 3. The smallest absolute Gasteiger partial charge is 0.167 e. The summed E-state index contributed by atoms with van der Waals surface area (Å²) in [5, 5.41) is 33.1. The van der Waals surface area contributed by atoms with Gasteiger partial charge in [-0.1, -0.05) is 36.0 Å². The van der Waals surface area contributed by atoms with Gasteiger partial charge in [-0.3, -0.25) is 4.57 Å². The number of aliphatic hydroxyl groups excluding tert-OH is 3. The highest BCUT2D eigenvalue weighted by molar-refractivity contribution is 5.83. The normalized spacial score (nSPS) is 28.0. The molecule has 9 nitrogen and oxygen atoms in total. The van der Waals surface area contributed by atoms with Crippen LogP contribution < -0.4 is 5.32 Å². The van der Waals surface area contributed by atoms with Crippen LogP contribution >= 0.6 is 0 Å². The summed E-state index contributed by atoms with van der Waals surface area (Å²) in [6.45, 7) is 0.218. The topological polar surface area (TPSA) is 126 Å². The van der Waals surface area contributed by atoms with Crippen LogP contribution in [0, 0.1) is 0 Å². The molecule has 0 aromatic carbocycles. The predicted molar refractivity (Wildman–Crippen MR) is 114 cm³/mol. The fourth-order valence-electron chi connectivity index (χ4n) is 4.39. The SMILES string of the molecule is OC[C@H]1O[C@@H](n2cnc3c(NCC4=CCCC5=C4C=CC=CC5)ncnc32)[C@H](O)[C@@H]1O. The Morgan fingerprint density at radius 1 is 1.16 bits per heavy atom. The molecule has 9 heteroatoms. The number of imidazole rings is 1. The van der Waals surface area contributed by atoms with E-state index >= 15 is 0 Å². The lowest BCUT2D eigenvalue weighted by Gasteiger charge is -2.20. The first kappa shape index (κ1) is 20.1. The van der Waals surface area contributed by atoms with Crippen molar-refractivity contribution in [3.05, 3.63) is 59.8 Å². The van der Waals surface area contributed by atoms with Gasteiger partial charge in [-0.25, -0.2) is 15.0 Å². The first-order valence-corrected chi connectivity index (χ1v) is 10.5. The number of ether oxygens (including phenoxy) is 1. The molecule has 4 N–H and O–H groups in total. The van der Waals surface area contributed by atoms with E-state index in [1.54, 1.807) is 4.57 Å². The molecule has 1 aliphatic heterocycles. The maximum absolute atomic E-state index is 10.3. The van der Waals surface area contributed by atoms with E-state index < -0.39 is 24.5 Å². The maximum Gasteiger partial charge on any atom is 0.167 e. The van der Waals surface area contributed by atoms with Crippen LogP contribution in [0.4, 0.5) is 5.82 Å². The Morgan fingerprint density at radius 2 is 2.06 bits per heavy atom. The lowest BCUT2D eigenvalue weighted by Crippen LogP contribution is -2.33. The third-order valence-electron chi connectivity index (χ3n) is 6.03. The van der Waals surface area contributed by atoms with E-state index in [0.717, 1.165) is 19.3 Å². The summed E-state index contributed by atoms with van der Waals surface area (Å²) in [5.74, 6) is 0.583. The van der Waals surface area contributed by atoms with Crippen molar-refractivity contribution in [3.8, 4) is 0 Å². The van der Waals surface area contributed by atoms with Gasteiger partial charge in [-0.2, -0.15) is 0 Å². The van der Waals surface area contributed by atoms with Gasteiger partial charge >= 0.3 is 0 Å². The summed E-state index contributed by atoms with van der Waals surface area (Å²) in [5.41, 5.74) is 4.99. The van der Waals surface area contributed by atoms with Gasteiger partial charge in [-0.05, 0) is 30.4 Å². The maximum atomic E-state index is 10.3. The highest BCUT2D eigenvalue weighted by Crippen LogP contribution is 2.33. The van der Waals surface area contributed by atoms with Crippen molar-refractivity contribution in [3.63, 3.8) is 0 Å². The fourth-order valence-corrected chi connectivity index (χ4v) is 4.39. The number of hydrogen-bond acceptors (Lipinski definition) is 8. The zero-order valence-corrected chi connectivity index (χ0v) is 16.9. The molecule has 162 valence electrons. The first-order chi connectivity index (χ1) is 15.2. The molecule has 5 rings (SSSR count). The molecule has 1 saturated heterocycles. The summed E-state index contributed by atoms with van der Waals surface area (Å²) < 4.78 is 7.18. The number of fused-ring (bicyclic) bond motifs is 1. The van der Waals surface area contributed by atoms with Crippen LogP contribution in [0.5, 0.6) is 0 Å². The molecule has 2 aromatic rings. The molecule has 2 aromatic heterocycles. The van der Waals surface area contributed by atoms with Gasteiger partial charge in [0, 0.05) is 6.54 Å². The van der Waals surface area contributed by atoms with Gasteiger partial charge in [0.15, 0.2) is 23.2 Å². The zero-order valence-electron chi connectivity index (χ0n) is 16.9. The van der Waals surface area contributed by atoms with Crippen molar-refractivity contribution >= 4 is 17.0 Å². The van der Waals surface area contributed by atoms with Gasteiger partial charge in [0.1, 0.15) is 24.6 Å². The number of aromatic nitrogens is 4. The lowest BCUT2D eigenvalue weighted by atomic mass is 9.89. The molecule has 2 aliphatic carbocycles. The minimum Gasteiger partial charge on any atom is -0.394 e. The molecule has 0 bridgehead atoms. The van der Waals surface area contributed by atoms with Crippen LogP contribution in [0.3, 0.4) is 0 Å². The molecule has 0 saturated carbocycles. The van der Waals surface area contributed by atoms with E-state index in [9.17, 15) is 15.3 Å². The minimum absolute atomic E-state index is 0.389. The van der Waals surface area contributed by atoms with Crippen LogP contribution in [0.15, 0.2) is 59.8 Å². The molecule has 31 heavy (non-hydrogen) atoms. The molecule has 3 heterocycles. The second-order valence-electron chi connectivity index (χ2n) is 7.91. The second kappa shape index (κ2) is 8.35. The number of nitrogens with one attached hydrogen (secondary N) is 1. The molecule has 0 amide bonds. The lowest BCUT2D eigenvalue weighted by molar-refractivity contribution is -0.0511. The molecular weight excluding hydrogens is 398 g/mol. The quantitative estimate of drug-likeness (QED) is 0.568. The average Bonchev–Trinajstić information content (AvgIpc) is 3.23. The van der Waals surface area contributed by atoms with Gasteiger partial charge in [0.25, 0.3) is 0 Å². The van der Waals surface area contributed by atoms with Crippen molar-refractivity contribution in [2.45, 2.75) is 43.8 Å². The Hall–Kier alpha value is -2.85. The van der Waals surface area contributed by atoms with Crippen molar-refractivity contribution in [1.82, 2.24) is 19.5 Å². The average molecular weight is 423 g/mol. The van der Waals surface area contributed by atoms with Gasteiger partial charge in [0.05, 0.1) is 12.9 Å². The highest BCUT2D eigenvalue weighted by atomic mass is 16.6. The Kier molecular flexibility index (Phi) is 5.41. The number of anilines is 1. The van der Waals surface area contributed by atoms with E-state index in [4.69, 9.17) is 4.74 Å². The van der Waals surface area contributed by atoms with Crippen molar-refractivity contribution < 1.29 is 20.1 Å². The molecule has 1 fully saturated rings. The van der Waals surface area contributed by atoms with Crippen LogP contribution in [-0.2, 0) is 4.74 Å². The summed E-state index contributed by atoms with van der Waals surface area (Å²) in [6.07, 6.45) is 12.7. The summed E-state index contributed by atoms with van der Waals surface area (Å²) in [6, 6.07) is 0. The minimum atomic E-state index is -1.20. The summed E-state index contributed by atoms with van der Waals surface area (Å²) in [7, 11) is 0. The number of rotatable bonds is 5. The van der Waals surface area contributed by atoms with E-state index in [2.05, 4.69) is 50.6 Å². The monoisotopic (exact) mass is 423 g/mol. The highest BCUT2D eigenvalue weighted by Gasteiger charge is 2.44. The van der Waals surface area contributed by atoms with E-state index in [1.165, 1.54) is 29.4 Å². The second-order valence-corrected chi connectivity index (χ2v) is 7.91. The van der Waals surface area contributed by atoms with E-state index in [0.29, 0.717) is 23.5 Å². The Morgan fingerprint density at radius 3 is 2.90 bits per heavy atom. The van der Waals surface area contributed by atoms with Gasteiger partial charge in [-0.15, -0.1) is 0 Å². The van der Waals surface area contributed by atoms with Gasteiger partial charge in [0.2, 0.25) is 0 Å². The van der Waals surface area contributed by atoms with Crippen LogP contribution in [0.1, 0.15) is 25.5 Å². The summed E-state index contributed by atoms with van der Waals surface area (Å²) >= 11 is 0. The Balaban J connectivity index is 1.39. The Labute approximate surface area is 179 Å². The van der Waals surface area contributed by atoms with E-state index in [-0.39, 0.29) is 6.61 Å². The van der Waals surface area contributed by atoms with Crippen LogP contribution in [-0.4, -0.2) is 66.3 Å². The first-order valence-electron chi connectivity index (χ1n) is 10.5. The number of nitrogens with zero attached hydrogens (tertiary/aromatic N) is 4. The van der Waals surface area contributed by atoms with Crippen molar-refractivity contribution in [2.75, 3.05) is 18.5 Å². The zero-order chi connectivity index (χ0) is 21.4. The largest absolute Gasteiger partial charge is 0.394 e. The molecule has 0 unspecified atom stereocenters. The Bertz CT molecular complexity index is 1100. The van der Waals surface area contributed by atoms with Crippen LogP contribution in [0.25, 0.3) is 11.2 Å². The van der Waals surface area contributed by atoms with Crippen molar-refractivity contribution in [2.24, 2.45) is 0 Å². The third-order valence-corrected chi connectivity index (χ3v) is 6.03. The summed E-state index contributed by atoms with van der Waals surface area (Å²) in [4.78, 5) is 13.1. The van der Waals surface area contributed by atoms with Crippen LogP contribution in [0.2, 0.25) is 0 Å². The fraction of sp³-hybridized carbons (Fsp3) is 0.409. The number of hydrogen-bond donors (Lipinski definition) is 4. The third kappa shape index (κ3) is 3.59. The molecule has 0 radical (unpaired) electrons. The van der Waals surface area contributed by atoms with Crippen molar-refractivity contribution in [1.29, 1.82) is 0 Å².